The van der Waals surface area contributed by atoms with Crippen LogP contribution in [0.4, 0.5) is 0 Å². The number of carboxylic acid groups (broad SMARTS) is 1. The molecule has 1 aromatic carbocycles. The van der Waals surface area contributed by atoms with Crippen molar-refractivity contribution in [2.45, 2.75) is 25.9 Å². The molecule has 0 aliphatic carbocycles. The Balaban J connectivity index is 2.59. The van der Waals surface area contributed by atoms with Crippen LogP contribution in [0.3, 0.4) is 0 Å². The van der Waals surface area contributed by atoms with E-state index in [1.54, 1.807) is 6.92 Å². The maximum Gasteiger partial charge on any atom is 0.320 e. The van der Waals surface area contributed by atoms with Crippen molar-refractivity contribution < 1.29 is 9.90 Å². The summed E-state index contributed by atoms with van der Waals surface area (Å²) in [5, 5.41) is 11.7. The molecule has 3 nitrogen and oxygen atoms in total. The second-order valence-electron chi connectivity index (χ2n) is 3.36. The Morgan fingerprint density at radius 3 is 2.36 bits per heavy atom. The minimum absolute atomic E-state index is 0.0577. The molecule has 14 heavy (non-hydrogen) atoms. The van der Waals surface area contributed by atoms with Crippen LogP contribution in [0, 0.1) is 0 Å². The first kappa shape index (κ1) is 10.7. The predicted octanol–water partition coefficient (Wildman–Crippen LogP) is 1.81. The molecule has 0 saturated heterocycles. The molecule has 0 spiro atoms. The summed E-state index contributed by atoms with van der Waals surface area (Å²) in [5.74, 6) is -0.826. The van der Waals surface area contributed by atoms with Crippen molar-refractivity contribution in [3.05, 3.63) is 35.9 Å². The number of carboxylic acids is 1. The van der Waals surface area contributed by atoms with Crippen molar-refractivity contribution in [2.24, 2.45) is 0 Å². The standard InChI is InChI=1S/C11H15NO2/c1-8(12-9(2)11(13)14)10-6-4-3-5-7-10/h3-9,12H,1-2H3,(H,13,14)/t8?,9-/m0/s1. The largest absolute Gasteiger partial charge is 0.480 e. The van der Waals surface area contributed by atoms with Crippen LogP contribution in [0.1, 0.15) is 25.5 Å². The highest BCUT2D eigenvalue weighted by atomic mass is 16.4. The quantitative estimate of drug-likeness (QED) is 0.766. The van der Waals surface area contributed by atoms with E-state index >= 15 is 0 Å². The minimum atomic E-state index is -0.826. The van der Waals surface area contributed by atoms with E-state index < -0.39 is 12.0 Å². The number of aliphatic carboxylic acids is 1. The van der Waals surface area contributed by atoms with Gasteiger partial charge in [0.05, 0.1) is 0 Å². The van der Waals surface area contributed by atoms with Gasteiger partial charge in [0.2, 0.25) is 0 Å². The molecule has 2 atom stereocenters. The average Bonchev–Trinajstić information content (AvgIpc) is 2.19. The third-order valence-corrected chi connectivity index (χ3v) is 2.17. The molecule has 0 radical (unpaired) electrons. The topological polar surface area (TPSA) is 49.3 Å². The zero-order valence-electron chi connectivity index (χ0n) is 8.40. The van der Waals surface area contributed by atoms with Crippen molar-refractivity contribution >= 4 is 5.97 Å². The predicted molar refractivity (Wildman–Crippen MR) is 55.1 cm³/mol. The van der Waals surface area contributed by atoms with Crippen LogP contribution in [-0.4, -0.2) is 17.1 Å². The van der Waals surface area contributed by atoms with Crippen LogP contribution in [-0.2, 0) is 4.79 Å². The summed E-state index contributed by atoms with van der Waals surface area (Å²) in [5.41, 5.74) is 1.10. The molecule has 0 amide bonds. The molecule has 0 fully saturated rings. The summed E-state index contributed by atoms with van der Waals surface area (Å²) in [6.07, 6.45) is 0. The Morgan fingerprint density at radius 2 is 1.86 bits per heavy atom. The number of carbonyl (C=O) groups is 1. The van der Waals surface area contributed by atoms with E-state index in [4.69, 9.17) is 5.11 Å². The summed E-state index contributed by atoms with van der Waals surface area (Å²) in [4.78, 5) is 10.6. The molecule has 0 aromatic heterocycles. The van der Waals surface area contributed by atoms with Gasteiger partial charge in [-0.3, -0.25) is 10.1 Å². The van der Waals surface area contributed by atoms with Crippen molar-refractivity contribution in [1.29, 1.82) is 0 Å². The van der Waals surface area contributed by atoms with E-state index in [0.717, 1.165) is 5.56 Å². The number of rotatable bonds is 4. The summed E-state index contributed by atoms with van der Waals surface area (Å²) >= 11 is 0. The van der Waals surface area contributed by atoms with Gasteiger partial charge in [-0.1, -0.05) is 30.3 Å². The molecule has 76 valence electrons. The van der Waals surface area contributed by atoms with Crippen LogP contribution in [0.25, 0.3) is 0 Å². The van der Waals surface area contributed by atoms with Crippen molar-refractivity contribution in [3.8, 4) is 0 Å². The van der Waals surface area contributed by atoms with Crippen LogP contribution in [0.2, 0.25) is 0 Å². The SMILES string of the molecule is CC(N[C@@H](C)C(=O)O)c1ccccc1. The van der Waals surface area contributed by atoms with Crippen molar-refractivity contribution in [3.63, 3.8) is 0 Å². The number of nitrogens with one attached hydrogen (secondary N) is 1. The van der Waals surface area contributed by atoms with Crippen molar-refractivity contribution in [1.82, 2.24) is 5.32 Å². The smallest absolute Gasteiger partial charge is 0.320 e. The highest BCUT2D eigenvalue weighted by Crippen LogP contribution is 2.11. The van der Waals surface area contributed by atoms with E-state index in [9.17, 15) is 4.79 Å². The minimum Gasteiger partial charge on any atom is -0.480 e. The van der Waals surface area contributed by atoms with Gasteiger partial charge in [-0.15, -0.1) is 0 Å². The molecule has 0 aliphatic heterocycles. The van der Waals surface area contributed by atoms with Gasteiger partial charge in [0.1, 0.15) is 6.04 Å². The molecule has 1 unspecified atom stereocenters. The Kier molecular flexibility index (Phi) is 3.65. The molecule has 0 heterocycles. The lowest BCUT2D eigenvalue weighted by Gasteiger charge is -2.17. The van der Waals surface area contributed by atoms with Gasteiger partial charge >= 0.3 is 5.97 Å². The van der Waals surface area contributed by atoms with Gasteiger partial charge in [0.15, 0.2) is 0 Å². The number of benzene rings is 1. The molecule has 1 rings (SSSR count). The highest BCUT2D eigenvalue weighted by molar-refractivity contribution is 5.72. The maximum atomic E-state index is 10.6. The lowest BCUT2D eigenvalue weighted by atomic mass is 10.1. The van der Waals surface area contributed by atoms with Gasteiger partial charge < -0.3 is 5.11 Å². The van der Waals surface area contributed by atoms with Crippen molar-refractivity contribution in [2.75, 3.05) is 0 Å². The third-order valence-electron chi connectivity index (χ3n) is 2.17. The molecule has 0 bridgehead atoms. The normalized spacial score (nSPS) is 14.7. The summed E-state index contributed by atoms with van der Waals surface area (Å²) in [7, 11) is 0. The molecule has 2 N–H and O–H groups in total. The van der Waals surface area contributed by atoms with E-state index in [0.29, 0.717) is 0 Å². The molecular weight excluding hydrogens is 178 g/mol. The molecule has 1 aromatic rings. The van der Waals surface area contributed by atoms with E-state index in [2.05, 4.69) is 5.32 Å². The van der Waals surface area contributed by atoms with Crippen LogP contribution in [0.15, 0.2) is 30.3 Å². The average molecular weight is 193 g/mol. The fourth-order valence-electron chi connectivity index (χ4n) is 1.28. The lowest BCUT2D eigenvalue weighted by molar-refractivity contribution is -0.139. The Bertz CT molecular complexity index is 297. The van der Waals surface area contributed by atoms with E-state index in [-0.39, 0.29) is 6.04 Å². The zero-order valence-corrected chi connectivity index (χ0v) is 8.40. The van der Waals surface area contributed by atoms with E-state index in [1.807, 2.05) is 37.3 Å². The number of hydrogen-bond donors (Lipinski definition) is 2. The van der Waals surface area contributed by atoms with Crippen LogP contribution in [0.5, 0.6) is 0 Å². The van der Waals surface area contributed by atoms with Gasteiger partial charge in [0.25, 0.3) is 0 Å². The van der Waals surface area contributed by atoms with Gasteiger partial charge in [-0.2, -0.15) is 0 Å². The lowest BCUT2D eigenvalue weighted by Crippen LogP contribution is -2.35. The summed E-state index contributed by atoms with van der Waals surface area (Å²) < 4.78 is 0. The number of hydrogen-bond acceptors (Lipinski definition) is 2. The Labute approximate surface area is 83.8 Å². The summed E-state index contributed by atoms with van der Waals surface area (Å²) in [6.45, 7) is 3.59. The zero-order chi connectivity index (χ0) is 10.6. The van der Waals surface area contributed by atoms with Crippen LogP contribution >= 0.6 is 0 Å². The van der Waals surface area contributed by atoms with Gasteiger partial charge in [-0.05, 0) is 19.4 Å². The van der Waals surface area contributed by atoms with E-state index in [1.165, 1.54) is 0 Å². The van der Waals surface area contributed by atoms with Gasteiger partial charge in [-0.25, -0.2) is 0 Å². The summed E-state index contributed by atoms with van der Waals surface area (Å²) in [6, 6.07) is 9.32. The second-order valence-corrected chi connectivity index (χ2v) is 3.36. The monoisotopic (exact) mass is 193 g/mol. The second kappa shape index (κ2) is 4.77. The Hall–Kier alpha value is -1.35. The molecule has 3 heteroatoms. The van der Waals surface area contributed by atoms with Crippen LogP contribution < -0.4 is 5.32 Å². The fourth-order valence-corrected chi connectivity index (χ4v) is 1.28. The Morgan fingerprint density at radius 1 is 1.29 bits per heavy atom. The fraction of sp³-hybridized carbons (Fsp3) is 0.364. The first-order valence-corrected chi connectivity index (χ1v) is 4.65. The maximum absolute atomic E-state index is 10.6. The first-order chi connectivity index (χ1) is 6.61. The molecule has 0 saturated carbocycles. The molecule has 0 aliphatic rings. The first-order valence-electron chi connectivity index (χ1n) is 4.65. The molecular formula is C11H15NO2. The van der Waals surface area contributed by atoms with Gasteiger partial charge in [0, 0.05) is 6.04 Å². The third kappa shape index (κ3) is 2.85. The highest BCUT2D eigenvalue weighted by Gasteiger charge is 2.14.